The third-order valence-corrected chi connectivity index (χ3v) is 6.58. The Morgan fingerprint density at radius 3 is 2.25 bits per heavy atom. The number of hydrogen-bond donors (Lipinski definition) is 1. The highest BCUT2D eigenvalue weighted by Crippen LogP contribution is 2.33. The lowest BCUT2D eigenvalue weighted by atomic mass is 10.0. The molecule has 220 valence electrons. The molecule has 0 saturated carbocycles. The number of H-pyrrole nitrogens is 1. The summed E-state index contributed by atoms with van der Waals surface area (Å²) in [5.41, 5.74) is -3.94. The molecule has 0 spiro atoms. The number of carbonyl (C=O) groups excluding carboxylic acids is 1. The van der Waals surface area contributed by atoms with Crippen LogP contribution in [0.5, 0.6) is 5.75 Å². The molecule has 4 heterocycles. The van der Waals surface area contributed by atoms with Crippen molar-refractivity contribution in [2.45, 2.75) is 49.9 Å². The molecule has 17 heteroatoms. The Morgan fingerprint density at radius 2 is 1.65 bits per heavy atom. The van der Waals surface area contributed by atoms with Crippen molar-refractivity contribution in [2.24, 2.45) is 0 Å². The number of carbonyl (C=O) groups is 1. The van der Waals surface area contributed by atoms with Gasteiger partial charge in [-0.15, -0.1) is 0 Å². The summed E-state index contributed by atoms with van der Waals surface area (Å²) in [4.78, 5) is 35.8. The van der Waals surface area contributed by atoms with Crippen LogP contribution in [0.15, 0.2) is 23.4 Å². The second-order valence-corrected chi connectivity index (χ2v) is 9.26. The smallest absolute Gasteiger partial charge is 0.425 e. The van der Waals surface area contributed by atoms with Crippen LogP contribution in [0.4, 0.5) is 32.3 Å². The van der Waals surface area contributed by atoms with Gasteiger partial charge >= 0.3 is 12.4 Å². The Balaban J connectivity index is 1.31. The molecule has 11 nitrogen and oxygen atoms in total. The zero-order valence-electron chi connectivity index (χ0n) is 21.2. The molecule has 1 N–H and O–H groups in total. The van der Waals surface area contributed by atoms with Crippen molar-refractivity contribution in [3.05, 3.63) is 40.1 Å². The molecule has 2 atom stereocenters. The summed E-state index contributed by atoms with van der Waals surface area (Å²) in [6, 6.07) is -0.130. The monoisotopic (exact) mass is 580 g/mol. The molecule has 0 aliphatic carbocycles. The van der Waals surface area contributed by atoms with Crippen molar-refractivity contribution >= 4 is 11.9 Å². The normalized spacial score (nSPS) is 19.8. The average molecular weight is 580 g/mol. The summed E-state index contributed by atoms with van der Waals surface area (Å²) < 4.78 is 94.3. The summed E-state index contributed by atoms with van der Waals surface area (Å²) in [5.74, 6) is -0.895. The minimum Gasteiger partial charge on any atom is -0.483 e. The lowest BCUT2D eigenvalue weighted by Crippen LogP contribution is -2.47. The van der Waals surface area contributed by atoms with E-state index in [9.17, 15) is 35.9 Å². The first kappa shape index (κ1) is 29.5. The van der Waals surface area contributed by atoms with Crippen molar-refractivity contribution in [2.75, 3.05) is 44.9 Å². The molecular weight excluding hydrogens is 554 g/mol. The number of ether oxygens (including phenoxy) is 3. The van der Waals surface area contributed by atoms with Gasteiger partial charge in [0.05, 0.1) is 25.0 Å². The van der Waals surface area contributed by atoms with Crippen LogP contribution in [-0.2, 0) is 26.6 Å². The Labute approximate surface area is 223 Å². The van der Waals surface area contributed by atoms with Gasteiger partial charge in [-0.05, 0) is 12.8 Å². The van der Waals surface area contributed by atoms with Crippen LogP contribution >= 0.6 is 0 Å². The van der Waals surface area contributed by atoms with E-state index in [0.717, 1.165) is 18.6 Å². The van der Waals surface area contributed by atoms with Gasteiger partial charge in [-0.1, -0.05) is 0 Å². The number of piperidine rings is 1. The highest BCUT2D eigenvalue weighted by atomic mass is 19.4. The van der Waals surface area contributed by atoms with Crippen LogP contribution in [0.1, 0.15) is 30.4 Å². The molecule has 0 aromatic carbocycles. The molecule has 4 rings (SSSR count). The van der Waals surface area contributed by atoms with Gasteiger partial charge in [0, 0.05) is 51.6 Å². The summed E-state index contributed by atoms with van der Waals surface area (Å²) in [6.07, 6.45) is -7.81. The Bertz CT molecular complexity index is 1220. The first-order chi connectivity index (χ1) is 18.9. The van der Waals surface area contributed by atoms with Gasteiger partial charge in [-0.25, -0.2) is 15.1 Å². The van der Waals surface area contributed by atoms with Gasteiger partial charge < -0.3 is 24.0 Å². The minimum absolute atomic E-state index is 0.130. The summed E-state index contributed by atoms with van der Waals surface area (Å²) >= 11 is 0. The van der Waals surface area contributed by atoms with Crippen LogP contribution in [0.3, 0.4) is 0 Å². The van der Waals surface area contributed by atoms with E-state index in [1.807, 2.05) is 0 Å². The van der Waals surface area contributed by atoms with Crippen LogP contribution < -0.4 is 15.2 Å². The number of halogens is 6. The third-order valence-electron chi connectivity index (χ3n) is 6.58. The van der Waals surface area contributed by atoms with Crippen molar-refractivity contribution in [1.82, 2.24) is 25.1 Å². The highest BCUT2D eigenvalue weighted by molar-refractivity contribution is 5.83. The second kappa shape index (κ2) is 12.0. The van der Waals surface area contributed by atoms with Gasteiger partial charge in [0.15, 0.2) is 11.3 Å². The zero-order chi connectivity index (χ0) is 29.1. The van der Waals surface area contributed by atoms with E-state index in [0.29, 0.717) is 38.9 Å². The Morgan fingerprint density at radius 1 is 0.975 bits per heavy atom. The maximum Gasteiger partial charge on any atom is 0.425 e. The standard InChI is InChI=1S/C23H26F6N6O5/c1-38-11-15(40-17-10-32-33-19(36)18(17)23(27,28)29)12-39-16-4-7-35(20(16)37)14-2-5-34(6-3-14)21-30-8-13(9-31-21)22(24,25)26/h8-10,14-16H,2-7,11-12H2,1H3,(H,33,36)/t15?,16-/m1/s1. The summed E-state index contributed by atoms with van der Waals surface area (Å²) in [5, 5.41) is 5.08. The number of nitrogens with zero attached hydrogens (tertiary/aromatic N) is 5. The van der Waals surface area contributed by atoms with Crippen molar-refractivity contribution in [3.8, 4) is 5.75 Å². The number of nitrogens with one attached hydrogen (secondary N) is 1. The SMILES string of the molecule is COCC(CO[C@@H]1CCN(C2CCN(c3ncc(C(F)(F)F)cn3)CC2)C1=O)Oc1cn[nH]c(=O)c1C(F)(F)F. The van der Waals surface area contributed by atoms with E-state index in [1.54, 1.807) is 14.9 Å². The Kier molecular flexibility index (Phi) is 8.82. The van der Waals surface area contributed by atoms with E-state index in [1.165, 1.54) is 7.11 Å². The maximum atomic E-state index is 13.3. The van der Waals surface area contributed by atoms with Crippen LogP contribution in [0.25, 0.3) is 0 Å². The number of aromatic nitrogens is 4. The number of alkyl halides is 6. The first-order valence-electron chi connectivity index (χ1n) is 12.2. The molecule has 2 aromatic heterocycles. The van der Waals surface area contributed by atoms with Crippen molar-refractivity contribution in [3.63, 3.8) is 0 Å². The number of aromatic amines is 1. The maximum absolute atomic E-state index is 13.3. The molecule has 0 bridgehead atoms. The van der Waals surface area contributed by atoms with Gasteiger partial charge in [-0.2, -0.15) is 31.4 Å². The molecule has 2 fully saturated rings. The third kappa shape index (κ3) is 6.80. The fraction of sp³-hybridized carbons (Fsp3) is 0.609. The molecule has 2 aliphatic heterocycles. The molecule has 2 saturated heterocycles. The van der Waals surface area contributed by atoms with E-state index in [4.69, 9.17) is 14.2 Å². The highest BCUT2D eigenvalue weighted by Gasteiger charge is 2.40. The van der Waals surface area contributed by atoms with E-state index in [-0.39, 0.29) is 31.1 Å². The number of hydrogen-bond acceptors (Lipinski definition) is 9. The lowest BCUT2D eigenvalue weighted by molar-refractivity contribution is -0.143. The molecule has 40 heavy (non-hydrogen) atoms. The predicted molar refractivity (Wildman–Crippen MR) is 124 cm³/mol. The van der Waals surface area contributed by atoms with Crippen molar-refractivity contribution < 1.29 is 45.3 Å². The number of likely N-dealkylation sites (tertiary alicyclic amines) is 1. The Hall–Kier alpha value is -3.47. The zero-order valence-corrected chi connectivity index (χ0v) is 21.2. The molecule has 1 unspecified atom stereocenters. The lowest BCUT2D eigenvalue weighted by Gasteiger charge is -2.36. The van der Waals surface area contributed by atoms with Crippen molar-refractivity contribution in [1.29, 1.82) is 0 Å². The summed E-state index contributed by atoms with van der Waals surface area (Å²) in [7, 11) is 1.31. The van der Waals surface area contributed by atoms with E-state index >= 15 is 0 Å². The molecule has 2 aromatic rings. The topological polar surface area (TPSA) is 123 Å². The van der Waals surface area contributed by atoms with Gasteiger partial charge in [0.1, 0.15) is 12.2 Å². The van der Waals surface area contributed by atoms with Crippen LogP contribution in [0, 0.1) is 0 Å². The largest absolute Gasteiger partial charge is 0.483 e. The number of rotatable bonds is 9. The van der Waals surface area contributed by atoms with E-state index < -0.39 is 47.0 Å². The fourth-order valence-corrected chi connectivity index (χ4v) is 4.65. The summed E-state index contributed by atoms with van der Waals surface area (Å²) in [6.45, 7) is 0.795. The molecule has 1 amide bonds. The number of methoxy groups -OCH3 is 1. The first-order valence-corrected chi connectivity index (χ1v) is 12.2. The molecular formula is C23H26F6N6O5. The number of amides is 1. The van der Waals surface area contributed by atoms with Gasteiger partial charge in [0.25, 0.3) is 11.5 Å². The quantitative estimate of drug-likeness (QED) is 0.445. The predicted octanol–water partition coefficient (Wildman–Crippen LogP) is 2.28. The fourth-order valence-electron chi connectivity index (χ4n) is 4.65. The minimum atomic E-state index is -4.99. The van der Waals surface area contributed by atoms with Crippen LogP contribution in [0.2, 0.25) is 0 Å². The second-order valence-electron chi connectivity index (χ2n) is 9.26. The molecule has 2 aliphatic rings. The van der Waals surface area contributed by atoms with Crippen LogP contribution in [-0.4, -0.2) is 89.2 Å². The number of anilines is 1. The van der Waals surface area contributed by atoms with Gasteiger partial charge in [-0.3, -0.25) is 9.59 Å². The molecule has 0 radical (unpaired) electrons. The van der Waals surface area contributed by atoms with E-state index in [2.05, 4.69) is 15.1 Å². The van der Waals surface area contributed by atoms with Gasteiger partial charge in [0.2, 0.25) is 5.95 Å². The average Bonchev–Trinajstić information content (AvgIpc) is 3.26.